The molecule has 0 bridgehead atoms. The maximum Gasteiger partial charge on any atom is 2.00 e. The molecule has 33 heavy (non-hydrogen) atoms. The van der Waals surface area contributed by atoms with Gasteiger partial charge in [0.05, 0.1) is 0 Å². The van der Waals surface area contributed by atoms with Gasteiger partial charge in [-0.25, -0.2) is 9.05 Å². The largest absolute Gasteiger partial charge is 2.00 e. The molecule has 3 nitrogen and oxygen atoms in total. The van der Waals surface area contributed by atoms with E-state index in [9.17, 15) is 4.57 Å². The zero-order chi connectivity index (χ0) is 22.9. The fourth-order valence-electron chi connectivity index (χ4n) is 3.97. The summed E-state index contributed by atoms with van der Waals surface area (Å²) in [6.07, 6.45) is 17.0. The quantitative estimate of drug-likeness (QED) is 0.116. The molecule has 0 unspecified atom stereocenters. The molecule has 0 spiro atoms. The van der Waals surface area contributed by atoms with Crippen molar-refractivity contribution in [2.45, 2.75) is 104 Å². The van der Waals surface area contributed by atoms with E-state index in [0.29, 0.717) is 11.5 Å². The molecule has 180 valence electrons. The van der Waals surface area contributed by atoms with Crippen LogP contribution in [0.4, 0.5) is 0 Å². The van der Waals surface area contributed by atoms with E-state index in [4.69, 9.17) is 9.05 Å². The standard InChI is InChI=1S/C28H42O3P.Ca.2H/c1-3-5-7-9-11-13-19-25-21-15-17-23-27(25)30-32(29)31-28-24-18-16-22-26(28)20-14-12-10-8-6-4-2;;;/h15-18,21-24H,3-14,19-20H2,1-2H3;;;/q+1;+2;2*-1. The molecular formula is C28H44CaO3P+. The van der Waals surface area contributed by atoms with Crippen LogP contribution >= 0.6 is 8.25 Å². The molecule has 0 saturated heterocycles. The van der Waals surface area contributed by atoms with Crippen LogP contribution < -0.4 is 9.05 Å². The summed E-state index contributed by atoms with van der Waals surface area (Å²) in [5, 5.41) is 0. The van der Waals surface area contributed by atoms with E-state index in [1.807, 2.05) is 36.4 Å². The summed E-state index contributed by atoms with van der Waals surface area (Å²) in [6, 6.07) is 15.8. The topological polar surface area (TPSA) is 35.5 Å². The molecular weight excluding hydrogens is 455 g/mol. The second-order valence-electron chi connectivity index (χ2n) is 8.66. The molecule has 0 fully saturated rings. The number of hydrogen-bond donors (Lipinski definition) is 0. The monoisotopic (exact) mass is 499 g/mol. The Labute approximate surface area is 236 Å². The van der Waals surface area contributed by atoms with Crippen LogP contribution in [0.5, 0.6) is 11.5 Å². The summed E-state index contributed by atoms with van der Waals surface area (Å²) in [5.74, 6) is 1.35. The van der Waals surface area contributed by atoms with E-state index >= 15 is 0 Å². The van der Waals surface area contributed by atoms with Crippen LogP contribution in [0, 0.1) is 0 Å². The molecule has 5 heteroatoms. The number of rotatable bonds is 18. The minimum Gasteiger partial charge on any atom is -1.00 e. The first kappa shape index (κ1) is 30.4. The summed E-state index contributed by atoms with van der Waals surface area (Å²) in [7, 11) is -2.27. The maximum absolute atomic E-state index is 12.7. The second-order valence-corrected chi connectivity index (χ2v) is 9.47. The Balaban J connectivity index is 0. The van der Waals surface area contributed by atoms with Crippen LogP contribution in [0.3, 0.4) is 0 Å². The first-order valence-electron chi connectivity index (χ1n) is 12.7. The van der Waals surface area contributed by atoms with Gasteiger partial charge in [0, 0.05) is 15.7 Å². The van der Waals surface area contributed by atoms with Gasteiger partial charge in [-0.3, -0.25) is 0 Å². The van der Waals surface area contributed by atoms with Gasteiger partial charge in [0.2, 0.25) is 0 Å². The summed E-state index contributed by atoms with van der Waals surface area (Å²) < 4.78 is 24.2. The first-order chi connectivity index (χ1) is 15.7. The minimum atomic E-state index is -2.27. The van der Waals surface area contributed by atoms with Gasteiger partial charge in [-0.15, -0.1) is 0 Å². The number of hydrogen-bond acceptors (Lipinski definition) is 3. The van der Waals surface area contributed by atoms with Crippen molar-refractivity contribution < 1.29 is 16.5 Å². The molecule has 0 aliphatic heterocycles. The molecule has 0 amide bonds. The van der Waals surface area contributed by atoms with E-state index in [2.05, 4.69) is 26.0 Å². The van der Waals surface area contributed by atoms with E-state index < -0.39 is 8.25 Å². The van der Waals surface area contributed by atoms with Gasteiger partial charge in [-0.2, -0.15) is 0 Å². The van der Waals surface area contributed by atoms with Gasteiger partial charge in [0.1, 0.15) is 0 Å². The van der Waals surface area contributed by atoms with Crippen LogP contribution in [0.15, 0.2) is 48.5 Å². The molecule has 0 N–H and O–H groups in total. The fourth-order valence-corrected chi connectivity index (χ4v) is 4.68. The average molecular weight is 500 g/mol. The summed E-state index contributed by atoms with van der Waals surface area (Å²) in [6.45, 7) is 4.48. The van der Waals surface area contributed by atoms with E-state index in [1.165, 1.54) is 64.2 Å². The van der Waals surface area contributed by atoms with Crippen LogP contribution in [0.1, 0.15) is 105 Å². The van der Waals surface area contributed by atoms with Gasteiger partial charge >= 0.3 is 46.0 Å². The number of aryl methyl sites for hydroxylation is 2. The Hall–Kier alpha value is -0.600. The molecule has 0 radical (unpaired) electrons. The van der Waals surface area contributed by atoms with Crippen molar-refractivity contribution in [3.63, 3.8) is 0 Å². The van der Waals surface area contributed by atoms with Gasteiger partial charge in [0.15, 0.2) is 11.5 Å². The third-order valence-corrected chi connectivity index (χ3v) is 6.58. The van der Waals surface area contributed by atoms with Crippen molar-refractivity contribution in [3.8, 4) is 11.5 Å². The van der Waals surface area contributed by atoms with E-state index in [1.54, 1.807) is 0 Å². The van der Waals surface area contributed by atoms with Crippen molar-refractivity contribution in [2.24, 2.45) is 0 Å². The first-order valence-corrected chi connectivity index (χ1v) is 13.8. The predicted octanol–water partition coefficient (Wildman–Crippen LogP) is 9.45. The summed E-state index contributed by atoms with van der Waals surface area (Å²) in [4.78, 5) is 0. The van der Waals surface area contributed by atoms with Crippen molar-refractivity contribution in [1.29, 1.82) is 0 Å². The van der Waals surface area contributed by atoms with E-state index in [-0.39, 0.29) is 40.6 Å². The average Bonchev–Trinajstić information content (AvgIpc) is 2.80. The molecule has 0 saturated carbocycles. The zero-order valence-electron chi connectivity index (χ0n) is 22.9. The molecule has 0 atom stereocenters. The Morgan fingerprint density at radius 1 is 0.606 bits per heavy atom. The Morgan fingerprint density at radius 2 is 0.970 bits per heavy atom. The van der Waals surface area contributed by atoms with Gasteiger partial charge < -0.3 is 2.85 Å². The van der Waals surface area contributed by atoms with Gasteiger partial charge in [0.25, 0.3) is 0 Å². The molecule has 0 aliphatic rings. The van der Waals surface area contributed by atoms with Crippen molar-refractivity contribution in [2.75, 3.05) is 0 Å². The number of para-hydroxylation sites is 2. The Kier molecular flexibility index (Phi) is 18.1. The third-order valence-electron chi connectivity index (χ3n) is 5.89. The predicted molar refractivity (Wildman–Crippen MR) is 144 cm³/mol. The fraction of sp³-hybridized carbons (Fsp3) is 0.571. The second kappa shape index (κ2) is 19.7. The van der Waals surface area contributed by atoms with Crippen LogP contribution in [0.25, 0.3) is 0 Å². The summed E-state index contributed by atoms with van der Waals surface area (Å²) in [5.41, 5.74) is 2.21. The van der Waals surface area contributed by atoms with Crippen molar-refractivity contribution in [3.05, 3.63) is 59.7 Å². The van der Waals surface area contributed by atoms with Crippen LogP contribution in [-0.2, 0) is 17.4 Å². The van der Waals surface area contributed by atoms with Gasteiger partial charge in [-0.1, -0.05) is 114 Å². The normalized spacial score (nSPS) is 10.5. The number of benzene rings is 2. The molecule has 2 aromatic carbocycles. The van der Waals surface area contributed by atoms with Crippen LogP contribution in [0.2, 0.25) is 0 Å². The number of unbranched alkanes of at least 4 members (excludes halogenated alkanes) is 10. The maximum atomic E-state index is 12.7. The molecule has 0 heterocycles. The van der Waals surface area contributed by atoms with Gasteiger partial charge in [-0.05, 0) is 37.8 Å². The molecule has 2 aromatic rings. The minimum absolute atomic E-state index is 0. The van der Waals surface area contributed by atoms with E-state index in [0.717, 1.165) is 36.8 Å². The smallest absolute Gasteiger partial charge is 1.00 e. The Bertz CT molecular complexity index is 729. The molecule has 2 rings (SSSR count). The zero-order valence-corrected chi connectivity index (χ0v) is 24.0. The Morgan fingerprint density at radius 3 is 1.39 bits per heavy atom. The third kappa shape index (κ3) is 13.2. The SMILES string of the molecule is CCCCCCCCc1ccccc1O[P+](=O)Oc1ccccc1CCCCCCCC.[Ca+2].[H-].[H-]. The van der Waals surface area contributed by atoms with Crippen molar-refractivity contribution in [1.82, 2.24) is 0 Å². The molecule has 0 aliphatic carbocycles. The molecule has 0 aromatic heterocycles. The van der Waals surface area contributed by atoms with Crippen LogP contribution in [-0.4, -0.2) is 37.7 Å². The summed E-state index contributed by atoms with van der Waals surface area (Å²) >= 11 is 0. The van der Waals surface area contributed by atoms with Crippen molar-refractivity contribution >= 4 is 46.0 Å².